The van der Waals surface area contributed by atoms with Crippen LogP contribution in [-0.4, -0.2) is 37.0 Å². The van der Waals surface area contributed by atoms with Crippen molar-refractivity contribution in [2.24, 2.45) is 0 Å². The van der Waals surface area contributed by atoms with Crippen molar-refractivity contribution < 1.29 is 13.5 Å². The number of sulfonamides is 1. The third kappa shape index (κ3) is 3.33. The lowest BCUT2D eigenvalue weighted by atomic mass is 10.1. The Morgan fingerprint density at radius 2 is 2.21 bits per heavy atom. The van der Waals surface area contributed by atoms with E-state index in [1.807, 2.05) is 0 Å². The van der Waals surface area contributed by atoms with Crippen LogP contribution in [0.5, 0.6) is 0 Å². The summed E-state index contributed by atoms with van der Waals surface area (Å²) in [6, 6.07) is 1.14. The summed E-state index contributed by atoms with van der Waals surface area (Å²) >= 11 is 10.3. The Bertz CT molecular complexity index is 527. The molecule has 0 radical (unpaired) electrons. The number of rotatable bonds is 3. The Balaban J connectivity index is 2.35. The molecule has 1 fully saturated rings. The summed E-state index contributed by atoms with van der Waals surface area (Å²) in [5, 5.41) is 9.82. The fraction of sp³-hybridized carbons (Fsp3) is 0.636. The molecule has 0 saturated carbocycles. The second-order valence-electron chi connectivity index (χ2n) is 4.49. The number of nitrogens with zero attached hydrogens (tertiary/aromatic N) is 1. The van der Waals surface area contributed by atoms with Gasteiger partial charge in [-0.2, -0.15) is 4.31 Å². The van der Waals surface area contributed by atoms with Gasteiger partial charge in [0, 0.05) is 12.6 Å². The van der Waals surface area contributed by atoms with Crippen molar-refractivity contribution in [3.63, 3.8) is 0 Å². The molecule has 0 spiro atoms. The Labute approximate surface area is 130 Å². The van der Waals surface area contributed by atoms with Crippen LogP contribution in [-0.2, 0) is 10.0 Å². The minimum Gasteiger partial charge on any atom is -0.395 e. The van der Waals surface area contributed by atoms with Crippen molar-refractivity contribution in [1.82, 2.24) is 4.31 Å². The first-order chi connectivity index (χ1) is 8.96. The van der Waals surface area contributed by atoms with Gasteiger partial charge in [0.25, 0.3) is 10.0 Å². The van der Waals surface area contributed by atoms with Crippen LogP contribution in [0.15, 0.2) is 14.1 Å². The Morgan fingerprint density at radius 3 is 2.79 bits per heavy atom. The van der Waals surface area contributed by atoms with E-state index in [2.05, 4.69) is 15.9 Å². The van der Waals surface area contributed by atoms with Crippen molar-refractivity contribution in [1.29, 1.82) is 0 Å². The van der Waals surface area contributed by atoms with Gasteiger partial charge in [0.05, 0.1) is 15.4 Å². The number of hydrogen-bond acceptors (Lipinski definition) is 4. The monoisotopic (exact) mass is 387 g/mol. The highest BCUT2D eigenvalue weighted by Gasteiger charge is 2.33. The minimum atomic E-state index is -3.57. The Hall–Kier alpha value is 0.340. The molecule has 8 heteroatoms. The third-order valence-electron chi connectivity index (χ3n) is 3.22. The molecule has 1 unspecified atom stereocenters. The summed E-state index contributed by atoms with van der Waals surface area (Å²) in [6.45, 7) is 0.320. The van der Waals surface area contributed by atoms with E-state index < -0.39 is 10.0 Å². The first kappa shape index (κ1) is 15.7. The molecule has 1 N–H and O–H groups in total. The van der Waals surface area contributed by atoms with Crippen LogP contribution in [0.25, 0.3) is 0 Å². The first-order valence-corrected chi connectivity index (χ1v) is 9.47. The number of aliphatic hydroxyl groups excluding tert-OH is 1. The first-order valence-electron chi connectivity index (χ1n) is 6.04. The molecule has 1 aromatic rings. The average Bonchev–Trinajstić information content (AvgIpc) is 2.61. The maximum atomic E-state index is 12.6. The normalized spacial score (nSPS) is 22.4. The maximum absolute atomic E-state index is 12.6. The maximum Gasteiger partial charge on any atom is 0.252 e. The quantitative estimate of drug-likeness (QED) is 0.865. The van der Waals surface area contributed by atoms with Crippen LogP contribution >= 0.6 is 38.9 Å². The smallest absolute Gasteiger partial charge is 0.252 e. The summed E-state index contributed by atoms with van der Waals surface area (Å²) in [7, 11) is -3.57. The minimum absolute atomic E-state index is 0.139. The molecule has 0 aromatic carbocycles. The molecule has 108 valence electrons. The Kier molecular flexibility index (Phi) is 5.30. The van der Waals surface area contributed by atoms with Gasteiger partial charge in [-0.3, -0.25) is 0 Å². The summed E-state index contributed by atoms with van der Waals surface area (Å²) in [4.78, 5) is 0. The molecule has 4 nitrogen and oxygen atoms in total. The van der Waals surface area contributed by atoms with E-state index in [0.717, 1.165) is 30.6 Å². The van der Waals surface area contributed by atoms with Crippen LogP contribution in [0.3, 0.4) is 0 Å². The molecule has 1 atom stereocenters. The van der Waals surface area contributed by atoms with Gasteiger partial charge in [0.2, 0.25) is 0 Å². The predicted octanol–water partition coefficient (Wildman–Crippen LogP) is 3.09. The van der Waals surface area contributed by atoms with E-state index >= 15 is 0 Å². The van der Waals surface area contributed by atoms with E-state index in [9.17, 15) is 13.5 Å². The van der Waals surface area contributed by atoms with E-state index in [4.69, 9.17) is 11.6 Å². The molecule has 1 aliphatic heterocycles. The molecule has 0 bridgehead atoms. The average molecular weight is 389 g/mol. The number of aliphatic hydroxyl groups is 1. The van der Waals surface area contributed by atoms with E-state index in [1.165, 1.54) is 10.4 Å². The summed E-state index contributed by atoms with van der Waals surface area (Å²) < 4.78 is 27.5. The van der Waals surface area contributed by atoms with E-state index in [1.54, 1.807) is 0 Å². The molecule has 0 amide bonds. The number of thiophene rings is 1. The Morgan fingerprint density at radius 1 is 1.47 bits per heavy atom. The molecule has 1 aliphatic rings. The van der Waals surface area contributed by atoms with Gasteiger partial charge in [-0.05, 0) is 34.8 Å². The van der Waals surface area contributed by atoms with Gasteiger partial charge in [-0.1, -0.05) is 24.4 Å². The van der Waals surface area contributed by atoms with Gasteiger partial charge in [-0.15, -0.1) is 11.3 Å². The highest BCUT2D eigenvalue weighted by Crippen LogP contribution is 2.37. The predicted molar refractivity (Wildman–Crippen MR) is 80.3 cm³/mol. The van der Waals surface area contributed by atoms with Crippen LogP contribution < -0.4 is 0 Å². The zero-order chi connectivity index (χ0) is 14.0. The van der Waals surface area contributed by atoms with Crippen LogP contribution in [0.1, 0.15) is 25.7 Å². The largest absolute Gasteiger partial charge is 0.395 e. The van der Waals surface area contributed by atoms with Crippen LogP contribution in [0.4, 0.5) is 0 Å². The SMILES string of the molecule is O=S(=O)(c1cc(Cl)c(Br)s1)N1CCCCCC1CO. The highest BCUT2D eigenvalue weighted by molar-refractivity contribution is 9.11. The second-order valence-corrected chi connectivity index (χ2v) is 9.38. The molecule has 2 rings (SSSR count). The van der Waals surface area contributed by atoms with Gasteiger partial charge < -0.3 is 5.11 Å². The molecular weight excluding hydrogens is 374 g/mol. The lowest BCUT2D eigenvalue weighted by molar-refractivity contribution is 0.186. The summed E-state index contributed by atoms with van der Waals surface area (Å²) in [5.41, 5.74) is 0. The molecule has 1 saturated heterocycles. The van der Waals surface area contributed by atoms with Crippen molar-refractivity contribution in [3.8, 4) is 0 Å². The van der Waals surface area contributed by atoms with E-state index in [0.29, 0.717) is 21.8 Å². The zero-order valence-corrected chi connectivity index (χ0v) is 14.2. The third-order valence-corrected chi connectivity index (χ3v) is 8.10. The van der Waals surface area contributed by atoms with Gasteiger partial charge in [-0.25, -0.2) is 8.42 Å². The van der Waals surface area contributed by atoms with Crippen molar-refractivity contribution >= 4 is 48.9 Å². The van der Waals surface area contributed by atoms with E-state index in [-0.39, 0.29) is 16.9 Å². The standard InChI is InChI=1S/C11H15BrClNO3S2/c12-11-9(13)6-10(18-11)19(16,17)14-5-3-1-2-4-8(14)7-15/h6,8,15H,1-5,7H2. The summed E-state index contributed by atoms with van der Waals surface area (Å²) in [5.74, 6) is 0. The topological polar surface area (TPSA) is 57.6 Å². The fourth-order valence-electron chi connectivity index (χ4n) is 2.22. The van der Waals surface area contributed by atoms with Gasteiger partial charge in [0.1, 0.15) is 4.21 Å². The lowest BCUT2D eigenvalue weighted by Gasteiger charge is -2.26. The van der Waals surface area contributed by atoms with Crippen LogP contribution in [0.2, 0.25) is 5.02 Å². The van der Waals surface area contributed by atoms with Crippen molar-refractivity contribution in [2.45, 2.75) is 35.9 Å². The van der Waals surface area contributed by atoms with Gasteiger partial charge in [0.15, 0.2) is 0 Å². The zero-order valence-electron chi connectivity index (χ0n) is 10.2. The molecule has 1 aromatic heterocycles. The lowest BCUT2D eigenvalue weighted by Crippen LogP contribution is -2.41. The molecular formula is C11H15BrClNO3S2. The number of halogens is 2. The second kappa shape index (κ2) is 6.41. The van der Waals surface area contributed by atoms with Crippen molar-refractivity contribution in [2.75, 3.05) is 13.2 Å². The van der Waals surface area contributed by atoms with Crippen LogP contribution in [0, 0.1) is 0 Å². The fourth-order valence-corrected chi connectivity index (χ4v) is 6.43. The molecule has 19 heavy (non-hydrogen) atoms. The molecule has 2 heterocycles. The van der Waals surface area contributed by atoms with Crippen molar-refractivity contribution in [3.05, 3.63) is 14.9 Å². The molecule has 0 aliphatic carbocycles. The highest BCUT2D eigenvalue weighted by atomic mass is 79.9. The number of hydrogen-bond donors (Lipinski definition) is 1. The van der Waals surface area contributed by atoms with Gasteiger partial charge >= 0.3 is 0 Å². The summed E-state index contributed by atoms with van der Waals surface area (Å²) in [6.07, 6.45) is 3.48.